The summed E-state index contributed by atoms with van der Waals surface area (Å²) in [7, 11) is 0. The number of hydrogen-bond donors (Lipinski definition) is 0. The van der Waals surface area contributed by atoms with Gasteiger partial charge in [0.25, 0.3) is 0 Å². The predicted octanol–water partition coefficient (Wildman–Crippen LogP) is 1.65. The maximum Gasteiger partial charge on any atom is 0.0627 e. The molecule has 0 saturated carbocycles. The van der Waals surface area contributed by atoms with Gasteiger partial charge in [-0.1, -0.05) is 0 Å². The van der Waals surface area contributed by atoms with Crippen LogP contribution in [0.5, 0.6) is 0 Å². The molecule has 7 heavy (non-hydrogen) atoms. The molecule has 0 saturated heterocycles. The van der Waals surface area contributed by atoms with Gasteiger partial charge in [-0.25, -0.2) is 0 Å². The molecule has 0 aliphatic rings. The maximum atomic E-state index is 5.53. The second-order valence-electron chi connectivity index (χ2n) is 1.44. The third-order valence-electron chi connectivity index (χ3n) is 0.552. The van der Waals surface area contributed by atoms with Crippen molar-refractivity contribution in [2.75, 3.05) is 13.2 Å². The molecule has 1 unspecified atom stereocenters. The lowest BCUT2D eigenvalue weighted by Crippen LogP contribution is -2.03. The number of rotatable bonds is 3. The smallest absolute Gasteiger partial charge is 0.0627 e. The molecule has 0 aromatic carbocycles. The summed E-state index contributed by atoms with van der Waals surface area (Å²) in [6.07, 6.45) is 0. The van der Waals surface area contributed by atoms with Crippen LogP contribution >= 0.6 is 11.6 Å². The Bertz CT molecular complexity index is 37.1. The minimum Gasteiger partial charge on any atom is -0.380 e. The first-order valence-corrected chi connectivity index (χ1v) is 2.92. The fourth-order valence-corrected chi connectivity index (χ4v) is 0.369. The van der Waals surface area contributed by atoms with E-state index < -0.39 is 0 Å². The Kier molecular flexibility index (Phi) is 4.57. The van der Waals surface area contributed by atoms with Gasteiger partial charge in [0.05, 0.1) is 12.0 Å². The summed E-state index contributed by atoms with van der Waals surface area (Å²) in [6, 6.07) is 0. The van der Waals surface area contributed by atoms with E-state index in [9.17, 15) is 0 Å². The summed E-state index contributed by atoms with van der Waals surface area (Å²) in [4.78, 5) is 0. The SMILES string of the molecule is CCOCC(C)Cl. The normalized spacial score (nSPS) is 14.1. The van der Waals surface area contributed by atoms with E-state index >= 15 is 0 Å². The third kappa shape index (κ3) is 6.25. The van der Waals surface area contributed by atoms with E-state index in [1.54, 1.807) is 0 Å². The number of ether oxygens (including phenoxy) is 1. The second-order valence-corrected chi connectivity index (χ2v) is 2.19. The Balaban J connectivity index is 2.68. The minimum atomic E-state index is 0.153. The summed E-state index contributed by atoms with van der Waals surface area (Å²) in [6.45, 7) is 5.30. The first-order chi connectivity index (χ1) is 3.27. The van der Waals surface area contributed by atoms with Gasteiger partial charge in [0.15, 0.2) is 0 Å². The standard InChI is InChI=1S/C5H11ClO/c1-3-7-4-5(2)6/h5H,3-4H2,1-2H3. The molecule has 0 aliphatic carbocycles. The van der Waals surface area contributed by atoms with Gasteiger partial charge in [-0.05, 0) is 13.8 Å². The summed E-state index contributed by atoms with van der Waals surface area (Å²) < 4.78 is 4.96. The summed E-state index contributed by atoms with van der Waals surface area (Å²) in [5.74, 6) is 0. The zero-order chi connectivity index (χ0) is 5.70. The van der Waals surface area contributed by atoms with Crippen molar-refractivity contribution >= 4 is 11.6 Å². The van der Waals surface area contributed by atoms with Crippen LogP contribution in [0.25, 0.3) is 0 Å². The summed E-state index contributed by atoms with van der Waals surface area (Å²) in [5, 5.41) is 0.153. The van der Waals surface area contributed by atoms with Crippen molar-refractivity contribution < 1.29 is 4.74 Å². The van der Waals surface area contributed by atoms with Crippen molar-refractivity contribution in [3.8, 4) is 0 Å². The molecule has 0 aromatic rings. The second kappa shape index (κ2) is 4.41. The molecule has 1 nitrogen and oxygen atoms in total. The molecule has 0 amide bonds. The van der Waals surface area contributed by atoms with Gasteiger partial charge >= 0.3 is 0 Å². The van der Waals surface area contributed by atoms with Crippen LogP contribution in [0.3, 0.4) is 0 Å². The van der Waals surface area contributed by atoms with Gasteiger partial charge in [-0.3, -0.25) is 0 Å². The third-order valence-corrected chi connectivity index (χ3v) is 0.678. The Labute approximate surface area is 49.6 Å². The van der Waals surface area contributed by atoms with Gasteiger partial charge in [0, 0.05) is 6.61 Å². The van der Waals surface area contributed by atoms with Crippen molar-refractivity contribution in [1.29, 1.82) is 0 Å². The van der Waals surface area contributed by atoms with Gasteiger partial charge in [0.2, 0.25) is 0 Å². The fraction of sp³-hybridized carbons (Fsp3) is 1.00. The van der Waals surface area contributed by atoms with Crippen molar-refractivity contribution in [3.05, 3.63) is 0 Å². The number of halogens is 1. The van der Waals surface area contributed by atoms with Crippen LogP contribution in [0.1, 0.15) is 13.8 Å². The van der Waals surface area contributed by atoms with E-state index in [4.69, 9.17) is 16.3 Å². The Morgan fingerprint density at radius 1 is 1.71 bits per heavy atom. The minimum absolute atomic E-state index is 0.153. The van der Waals surface area contributed by atoms with E-state index in [1.807, 2.05) is 13.8 Å². The van der Waals surface area contributed by atoms with Crippen molar-refractivity contribution in [1.82, 2.24) is 0 Å². The number of hydrogen-bond acceptors (Lipinski definition) is 1. The number of alkyl halides is 1. The molecular formula is C5H11ClO. The lowest BCUT2D eigenvalue weighted by molar-refractivity contribution is 0.150. The van der Waals surface area contributed by atoms with Crippen molar-refractivity contribution in [2.24, 2.45) is 0 Å². The summed E-state index contributed by atoms with van der Waals surface area (Å²) in [5.41, 5.74) is 0. The molecule has 0 bridgehead atoms. The van der Waals surface area contributed by atoms with E-state index in [0.29, 0.717) is 6.61 Å². The largest absolute Gasteiger partial charge is 0.380 e. The van der Waals surface area contributed by atoms with Gasteiger partial charge in [0.1, 0.15) is 0 Å². The van der Waals surface area contributed by atoms with Crippen LogP contribution in [0, 0.1) is 0 Å². The monoisotopic (exact) mass is 122 g/mol. The highest BCUT2D eigenvalue weighted by Crippen LogP contribution is 1.91. The van der Waals surface area contributed by atoms with Crippen LogP contribution in [0.15, 0.2) is 0 Å². The molecule has 0 rings (SSSR count). The first-order valence-electron chi connectivity index (χ1n) is 2.49. The molecule has 0 heterocycles. The van der Waals surface area contributed by atoms with E-state index in [2.05, 4.69) is 0 Å². The topological polar surface area (TPSA) is 9.23 Å². The van der Waals surface area contributed by atoms with Crippen LogP contribution < -0.4 is 0 Å². The maximum absolute atomic E-state index is 5.53. The quantitative estimate of drug-likeness (QED) is 0.518. The van der Waals surface area contributed by atoms with Gasteiger partial charge < -0.3 is 4.74 Å². The van der Waals surface area contributed by atoms with Gasteiger partial charge in [-0.15, -0.1) is 11.6 Å². The zero-order valence-electron chi connectivity index (χ0n) is 4.78. The molecule has 0 radical (unpaired) electrons. The summed E-state index contributed by atoms with van der Waals surface area (Å²) >= 11 is 5.53. The van der Waals surface area contributed by atoms with E-state index in [-0.39, 0.29) is 5.38 Å². The lowest BCUT2D eigenvalue weighted by Gasteiger charge is -1.99. The Morgan fingerprint density at radius 3 is 2.43 bits per heavy atom. The lowest BCUT2D eigenvalue weighted by atomic mass is 10.5. The highest BCUT2D eigenvalue weighted by atomic mass is 35.5. The molecule has 1 atom stereocenters. The van der Waals surface area contributed by atoms with Crippen molar-refractivity contribution in [3.63, 3.8) is 0 Å². The molecule has 2 heteroatoms. The highest BCUT2D eigenvalue weighted by molar-refractivity contribution is 6.20. The van der Waals surface area contributed by atoms with Crippen LogP contribution in [0.2, 0.25) is 0 Å². The highest BCUT2D eigenvalue weighted by Gasteiger charge is 1.91. The van der Waals surface area contributed by atoms with E-state index in [1.165, 1.54) is 0 Å². The van der Waals surface area contributed by atoms with Crippen LogP contribution in [-0.2, 0) is 4.74 Å². The molecule has 0 fully saturated rings. The molecule has 0 aromatic heterocycles. The molecular weight excluding hydrogens is 112 g/mol. The Hall–Kier alpha value is 0.250. The van der Waals surface area contributed by atoms with E-state index in [0.717, 1.165) is 6.61 Å². The van der Waals surface area contributed by atoms with Crippen molar-refractivity contribution in [2.45, 2.75) is 19.2 Å². The molecule has 0 aliphatic heterocycles. The average Bonchev–Trinajstić information content (AvgIpc) is 1.61. The first kappa shape index (κ1) is 7.25. The predicted molar refractivity (Wildman–Crippen MR) is 31.8 cm³/mol. The fourth-order valence-electron chi connectivity index (χ4n) is 0.280. The molecule has 44 valence electrons. The van der Waals surface area contributed by atoms with Crippen LogP contribution in [0.4, 0.5) is 0 Å². The Morgan fingerprint density at radius 2 is 2.29 bits per heavy atom. The van der Waals surface area contributed by atoms with Crippen LogP contribution in [-0.4, -0.2) is 18.6 Å². The van der Waals surface area contributed by atoms with Gasteiger partial charge in [-0.2, -0.15) is 0 Å². The average molecular weight is 123 g/mol. The zero-order valence-corrected chi connectivity index (χ0v) is 5.53. The molecule has 0 spiro atoms. The molecule has 0 N–H and O–H groups in total.